The molecule has 0 N–H and O–H groups in total. The van der Waals surface area contributed by atoms with Gasteiger partial charge < -0.3 is 0 Å². The largest absolute Gasteiger partial charge is 0.298 e. The highest BCUT2D eigenvalue weighted by Gasteiger charge is 2.20. The van der Waals surface area contributed by atoms with Crippen LogP contribution in [0, 0.1) is 0 Å². The van der Waals surface area contributed by atoms with E-state index >= 15 is 0 Å². The zero-order valence-electron chi connectivity index (χ0n) is 11.3. The van der Waals surface area contributed by atoms with Crippen LogP contribution in [0.4, 0.5) is 0 Å². The van der Waals surface area contributed by atoms with E-state index in [4.69, 9.17) is 11.6 Å². The number of rotatable bonds is 4. The Morgan fingerprint density at radius 3 is 2.67 bits per heavy atom. The van der Waals surface area contributed by atoms with Crippen molar-refractivity contribution in [3.63, 3.8) is 0 Å². The lowest BCUT2D eigenvalue weighted by Gasteiger charge is -2.37. The average molecular weight is 268 g/mol. The molecule has 1 aromatic heterocycles. The molecule has 0 saturated carbocycles. The van der Waals surface area contributed by atoms with Crippen molar-refractivity contribution < 1.29 is 0 Å². The topological polar surface area (TPSA) is 19.4 Å². The van der Waals surface area contributed by atoms with E-state index in [9.17, 15) is 0 Å². The summed E-state index contributed by atoms with van der Waals surface area (Å²) in [5, 5.41) is 0.776. The molecule has 1 aliphatic rings. The monoisotopic (exact) mass is 267 g/mol. The Kier molecular flexibility index (Phi) is 4.98. The molecule has 1 aromatic rings. The first-order valence-corrected chi connectivity index (χ1v) is 7.13. The summed E-state index contributed by atoms with van der Waals surface area (Å²) in [5.74, 6) is 0. The summed E-state index contributed by atoms with van der Waals surface area (Å²) >= 11 is 5.98. The zero-order chi connectivity index (χ0) is 13.0. The maximum Gasteiger partial charge on any atom is 0.0558 e. The third-order valence-corrected chi connectivity index (χ3v) is 4.02. The first kappa shape index (κ1) is 13.8. The van der Waals surface area contributed by atoms with Crippen molar-refractivity contribution >= 4 is 11.6 Å². The second kappa shape index (κ2) is 6.50. The molecule has 4 heteroatoms. The summed E-state index contributed by atoms with van der Waals surface area (Å²) in [5.41, 5.74) is 1.07. The minimum atomic E-state index is 0.705. The molecule has 0 aromatic carbocycles. The van der Waals surface area contributed by atoms with E-state index in [1.165, 1.54) is 6.42 Å². The predicted molar refractivity (Wildman–Crippen MR) is 75.9 cm³/mol. The van der Waals surface area contributed by atoms with Crippen molar-refractivity contribution in [3.05, 3.63) is 29.0 Å². The summed E-state index contributed by atoms with van der Waals surface area (Å²) in [6.45, 7) is 10.1. The first-order chi connectivity index (χ1) is 8.69. The summed E-state index contributed by atoms with van der Waals surface area (Å²) in [6, 6.07) is 4.49. The summed E-state index contributed by atoms with van der Waals surface area (Å²) < 4.78 is 0. The van der Waals surface area contributed by atoms with Gasteiger partial charge in [0.05, 0.1) is 5.69 Å². The van der Waals surface area contributed by atoms with Crippen molar-refractivity contribution in [2.45, 2.75) is 32.9 Å². The molecule has 18 heavy (non-hydrogen) atoms. The SMILES string of the molecule is CCC(C)N1CCN(Cc2cc(Cl)ccn2)CC1. The molecule has 0 aliphatic carbocycles. The van der Waals surface area contributed by atoms with Crippen LogP contribution in [-0.2, 0) is 6.54 Å². The normalized spacial score (nSPS) is 19.9. The molecule has 2 rings (SSSR count). The van der Waals surface area contributed by atoms with Crippen LogP contribution in [0.1, 0.15) is 26.0 Å². The van der Waals surface area contributed by atoms with Gasteiger partial charge in [0.2, 0.25) is 0 Å². The molecule has 1 atom stereocenters. The third kappa shape index (κ3) is 3.67. The van der Waals surface area contributed by atoms with Gasteiger partial charge in [-0.1, -0.05) is 18.5 Å². The van der Waals surface area contributed by atoms with Gasteiger partial charge in [-0.15, -0.1) is 0 Å². The Morgan fingerprint density at radius 1 is 1.33 bits per heavy atom. The summed E-state index contributed by atoms with van der Waals surface area (Å²) in [4.78, 5) is 9.39. The number of pyridine rings is 1. The Morgan fingerprint density at radius 2 is 2.06 bits per heavy atom. The van der Waals surface area contributed by atoms with Gasteiger partial charge in [0.25, 0.3) is 0 Å². The fourth-order valence-corrected chi connectivity index (χ4v) is 2.57. The number of piperazine rings is 1. The van der Waals surface area contributed by atoms with Gasteiger partial charge in [-0.3, -0.25) is 14.8 Å². The van der Waals surface area contributed by atoms with Crippen molar-refractivity contribution in [1.29, 1.82) is 0 Å². The van der Waals surface area contributed by atoms with Gasteiger partial charge >= 0.3 is 0 Å². The molecule has 1 saturated heterocycles. The number of hydrogen-bond donors (Lipinski definition) is 0. The average Bonchev–Trinajstić information content (AvgIpc) is 2.39. The van der Waals surface area contributed by atoms with Crippen LogP contribution in [0.2, 0.25) is 5.02 Å². The minimum absolute atomic E-state index is 0.705. The molecule has 1 unspecified atom stereocenters. The van der Waals surface area contributed by atoms with Crippen LogP contribution in [-0.4, -0.2) is 47.0 Å². The van der Waals surface area contributed by atoms with E-state index < -0.39 is 0 Å². The fraction of sp³-hybridized carbons (Fsp3) is 0.643. The molecule has 3 nitrogen and oxygen atoms in total. The second-order valence-corrected chi connectivity index (χ2v) is 5.47. The Bertz CT molecular complexity index is 375. The summed E-state index contributed by atoms with van der Waals surface area (Å²) in [6.07, 6.45) is 3.02. The zero-order valence-corrected chi connectivity index (χ0v) is 12.0. The van der Waals surface area contributed by atoms with Gasteiger partial charge in [-0.25, -0.2) is 0 Å². The highest BCUT2D eigenvalue weighted by atomic mass is 35.5. The quantitative estimate of drug-likeness (QED) is 0.836. The van der Waals surface area contributed by atoms with Gasteiger partial charge in [-0.2, -0.15) is 0 Å². The van der Waals surface area contributed by atoms with E-state index in [1.54, 1.807) is 6.20 Å². The lowest BCUT2D eigenvalue weighted by molar-refractivity contribution is 0.0956. The molecule has 0 bridgehead atoms. The van der Waals surface area contributed by atoms with Crippen molar-refractivity contribution in [1.82, 2.24) is 14.8 Å². The van der Waals surface area contributed by atoms with Gasteiger partial charge in [-0.05, 0) is 25.5 Å². The molecule has 0 amide bonds. The van der Waals surface area contributed by atoms with Crippen LogP contribution in [0.25, 0.3) is 0 Å². The molecule has 0 radical (unpaired) electrons. The highest BCUT2D eigenvalue weighted by Crippen LogP contribution is 2.13. The minimum Gasteiger partial charge on any atom is -0.298 e. The lowest BCUT2D eigenvalue weighted by Crippen LogP contribution is -2.49. The third-order valence-electron chi connectivity index (χ3n) is 3.79. The number of hydrogen-bond acceptors (Lipinski definition) is 3. The van der Waals surface area contributed by atoms with Crippen molar-refractivity contribution in [3.8, 4) is 0 Å². The van der Waals surface area contributed by atoms with E-state index in [2.05, 4.69) is 28.6 Å². The van der Waals surface area contributed by atoms with E-state index in [-0.39, 0.29) is 0 Å². The second-order valence-electron chi connectivity index (χ2n) is 5.03. The van der Waals surface area contributed by atoms with Crippen molar-refractivity contribution in [2.24, 2.45) is 0 Å². The number of nitrogens with zero attached hydrogens (tertiary/aromatic N) is 3. The Balaban J connectivity index is 1.83. The molecule has 1 aliphatic heterocycles. The van der Waals surface area contributed by atoms with E-state index in [0.29, 0.717) is 6.04 Å². The smallest absolute Gasteiger partial charge is 0.0558 e. The molecule has 100 valence electrons. The van der Waals surface area contributed by atoms with Gasteiger partial charge in [0.1, 0.15) is 0 Å². The number of aromatic nitrogens is 1. The van der Waals surface area contributed by atoms with Gasteiger partial charge in [0.15, 0.2) is 0 Å². The number of halogens is 1. The maximum atomic E-state index is 5.98. The highest BCUT2D eigenvalue weighted by molar-refractivity contribution is 6.30. The van der Waals surface area contributed by atoms with E-state index in [0.717, 1.165) is 43.4 Å². The Hall–Kier alpha value is -0.640. The van der Waals surface area contributed by atoms with Crippen LogP contribution >= 0.6 is 11.6 Å². The lowest BCUT2D eigenvalue weighted by atomic mass is 10.2. The van der Waals surface area contributed by atoms with Crippen LogP contribution in [0.15, 0.2) is 18.3 Å². The Labute approximate surface area is 115 Å². The molecule has 1 fully saturated rings. The van der Waals surface area contributed by atoms with Crippen LogP contribution in [0.5, 0.6) is 0 Å². The maximum absolute atomic E-state index is 5.98. The molecule has 0 spiro atoms. The van der Waals surface area contributed by atoms with Crippen molar-refractivity contribution in [2.75, 3.05) is 26.2 Å². The summed E-state index contributed by atoms with van der Waals surface area (Å²) in [7, 11) is 0. The molecule has 2 heterocycles. The molecular formula is C14H22ClN3. The van der Waals surface area contributed by atoms with Crippen LogP contribution in [0.3, 0.4) is 0 Å². The fourth-order valence-electron chi connectivity index (χ4n) is 2.38. The molecular weight excluding hydrogens is 246 g/mol. The predicted octanol–water partition coefficient (Wildman–Crippen LogP) is 2.65. The van der Waals surface area contributed by atoms with Gasteiger partial charge in [0, 0.05) is 50.0 Å². The van der Waals surface area contributed by atoms with E-state index in [1.807, 2.05) is 12.1 Å². The standard InChI is InChI=1S/C14H22ClN3/c1-3-12(2)18-8-6-17(7-9-18)11-14-10-13(15)4-5-16-14/h4-5,10,12H,3,6-9,11H2,1-2H3. The first-order valence-electron chi connectivity index (χ1n) is 6.76. The van der Waals surface area contributed by atoms with Crippen LogP contribution < -0.4 is 0 Å².